The Labute approximate surface area is 153 Å². The van der Waals surface area contributed by atoms with Crippen molar-refractivity contribution in [2.24, 2.45) is 0 Å². The lowest BCUT2D eigenvalue weighted by molar-refractivity contribution is -0.385. The topological polar surface area (TPSA) is 112 Å². The molecule has 0 saturated carbocycles. The number of hydrogen-bond donors (Lipinski definition) is 0. The summed E-state index contributed by atoms with van der Waals surface area (Å²) in [6, 6.07) is 6.71. The molecule has 9 heteroatoms. The summed E-state index contributed by atoms with van der Waals surface area (Å²) < 4.78 is 6.33. The highest BCUT2D eigenvalue weighted by atomic mass is 16.6. The van der Waals surface area contributed by atoms with Gasteiger partial charge in [-0.25, -0.2) is 0 Å². The van der Waals surface area contributed by atoms with Crippen LogP contribution in [0.4, 0.5) is 11.4 Å². The van der Waals surface area contributed by atoms with Crippen LogP contribution in [0.15, 0.2) is 54.0 Å². The maximum Gasteiger partial charge on any atom is 0.285 e. The number of nitrogens with zero attached hydrogens (tertiary/aromatic N) is 3. The molecule has 0 aliphatic carbocycles. The molecule has 0 fully saturated rings. The molecule has 0 saturated heterocycles. The lowest BCUT2D eigenvalue weighted by Crippen LogP contribution is -2.39. The normalized spacial score (nSPS) is 12.9. The summed E-state index contributed by atoms with van der Waals surface area (Å²) in [6.45, 7) is 3.41. The van der Waals surface area contributed by atoms with Crippen LogP contribution in [-0.4, -0.2) is 34.3 Å². The highest BCUT2D eigenvalue weighted by Gasteiger charge is 2.25. The molecule has 27 heavy (non-hydrogen) atoms. The smallest absolute Gasteiger partial charge is 0.285 e. The van der Waals surface area contributed by atoms with Crippen molar-refractivity contribution in [2.75, 3.05) is 18.1 Å². The first kappa shape index (κ1) is 18.1. The van der Waals surface area contributed by atoms with E-state index in [4.69, 9.17) is 4.74 Å². The number of amides is 1. The number of ketones is 1. The van der Waals surface area contributed by atoms with Gasteiger partial charge in [-0.15, -0.1) is 6.58 Å². The predicted molar refractivity (Wildman–Crippen MR) is 96.2 cm³/mol. The minimum absolute atomic E-state index is 0.1000. The average Bonchev–Trinajstić information content (AvgIpc) is 2.65. The van der Waals surface area contributed by atoms with E-state index in [9.17, 15) is 24.5 Å². The van der Waals surface area contributed by atoms with Gasteiger partial charge in [0.15, 0.2) is 12.4 Å². The highest BCUT2D eigenvalue weighted by Crippen LogP contribution is 2.33. The minimum atomic E-state index is -0.643. The van der Waals surface area contributed by atoms with E-state index in [1.807, 2.05) is 0 Å². The van der Waals surface area contributed by atoms with E-state index < -0.39 is 16.3 Å². The molecule has 138 valence electrons. The van der Waals surface area contributed by atoms with Gasteiger partial charge in [-0.1, -0.05) is 6.08 Å². The zero-order valence-corrected chi connectivity index (χ0v) is 14.2. The van der Waals surface area contributed by atoms with Gasteiger partial charge < -0.3 is 14.2 Å². The molecule has 0 unspecified atom stereocenters. The van der Waals surface area contributed by atoms with E-state index in [1.54, 1.807) is 12.1 Å². The predicted octanol–water partition coefficient (Wildman–Crippen LogP) is 1.55. The van der Waals surface area contributed by atoms with Crippen LogP contribution in [0.3, 0.4) is 0 Å². The molecule has 3 rings (SSSR count). The van der Waals surface area contributed by atoms with Gasteiger partial charge in [0.1, 0.15) is 5.75 Å². The van der Waals surface area contributed by atoms with Crippen LogP contribution in [0.25, 0.3) is 0 Å². The third kappa shape index (κ3) is 3.61. The number of hydrogen-bond acceptors (Lipinski definition) is 6. The lowest BCUT2D eigenvalue weighted by Gasteiger charge is -2.28. The average molecular weight is 369 g/mol. The van der Waals surface area contributed by atoms with Crippen LogP contribution >= 0.6 is 0 Å². The van der Waals surface area contributed by atoms with Crippen LogP contribution in [0, 0.1) is 10.1 Å². The molecule has 1 aliphatic rings. The fourth-order valence-electron chi connectivity index (χ4n) is 2.70. The first-order valence-corrected chi connectivity index (χ1v) is 7.97. The molecule has 1 amide bonds. The largest absolute Gasteiger partial charge is 0.482 e. The Kier molecular flexibility index (Phi) is 4.84. The Morgan fingerprint density at radius 3 is 2.78 bits per heavy atom. The molecule has 0 bridgehead atoms. The molecule has 2 aromatic rings. The van der Waals surface area contributed by atoms with Crippen LogP contribution in [0.2, 0.25) is 0 Å². The second kappa shape index (κ2) is 7.24. The monoisotopic (exact) mass is 369 g/mol. The number of benzene rings is 1. The third-order valence-electron chi connectivity index (χ3n) is 4.03. The summed E-state index contributed by atoms with van der Waals surface area (Å²) in [5.74, 6) is -0.237. The number of pyridine rings is 1. The summed E-state index contributed by atoms with van der Waals surface area (Å²) in [7, 11) is 0. The zero-order chi connectivity index (χ0) is 19.6. The van der Waals surface area contributed by atoms with Gasteiger partial charge in [-0.2, -0.15) is 0 Å². The Hall–Kier alpha value is -3.75. The maximum absolute atomic E-state index is 12.6. The number of nitro groups is 1. The number of Topliss-reactive ketones (excluding diaryl/α,β-unsaturated/α-hetero) is 1. The standard InChI is InChI=1S/C18H15N3O6/c1-2-7-20-14-8-12(3-5-16(14)27-11-18(20)24)15(22)10-19-9-13(21(25)26)4-6-17(19)23/h2-6,8-9H,1,7,10-11H2. The summed E-state index contributed by atoms with van der Waals surface area (Å²) >= 11 is 0. The molecule has 0 N–H and O–H groups in total. The Morgan fingerprint density at radius 2 is 2.07 bits per heavy atom. The molecular formula is C18H15N3O6. The zero-order valence-electron chi connectivity index (χ0n) is 14.2. The van der Waals surface area contributed by atoms with Gasteiger partial charge in [0, 0.05) is 24.2 Å². The van der Waals surface area contributed by atoms with Crippen molar-refractivity contribution in [3.63, 3.8) is 0 Å². The van der Waals surface area contributed by atoms with Crippen molar-refractivity contribution in [2.45, 2.75) is 6.54 Å². The first-order chi connectivity index (χ1) is 12.9. The van der Waals surface area contributed by atoms with Crippen molar-refractivity contribution in [3.8, 4) is 5.75 Å². The molecule has 2 heterocycles. The second-order valence-corrected chi connectivity index (χ2v) is 5.80. The van der Waals surface area contributed by atoms with Crippen LogP contribution in [0.5, 0.6) is 5.75 Å². The Balaban J connectivity index is 1.92. The fourth-order valence-corrected chi connectivity index (χ4v) is 2.70. The van der Waals surface area contributed by atoms with Crippen LogP contribution < -0.4 is 15.2 Å². The molecule has 0 spiro atoms. The Morgan fingerprint density at radius 1 is 1.30 bits per heavy atom. The van der Waals surface area contributed by atoms with E-state index in [-0.39, 0.29) is 36.9 Å². The number of carbonyl (C=O) groups excluding carboxylic acids is 2. The molecule has 0 radical (unpaired) electrons. The molecule has 1 aliphatic heterocycles. The molecule has 0 atom stereocenters. The van der Waals surface area contributed by atoms with Crippen molar-refractivity contribution in [3.05, 3.63) is 75.2 Å². The van der Waals surface area contributed by atoms with E-state index in [0.29, 0.717) is 11.4 Å². The van der Waals surface area contributed by atoms with Gasteiger partial charge in [0.05, 0.1) is 23.4 Å². The van der Waals surface area contributed by atoms with Crippen molar-refractivity contribution in [1.82, 2.24) is 4.57 Å². The molecular weight excluding hydrogens is 354 g/mol. The van der Waals surface area contributed by atoms with E-state index in [1.165, 1.54) is 17.0 Å². The van der Waals surface area contributed by atoms with Crippen molar-refractivity contribution < 1.29 is 19.2 Å². The minimum Gasteiger partial charge on any atom is -0.482 e. The first-order valence-electron chi connectivity index (χ1n) is 7.97. The van der Waals surface area contributed by atoms with Gasteiger partial charge in [-0.3, -0.25) is 24.5 Å². The molecule has 9 nitrogen and oxygen atoms in total. The number of rotatable bonds is 6. The van der Waals surface area contributed by atoms with Crippen molar-refractivity contribution >= 4 is 23.1 Å². The molecule has 1 aromatic carbocycles. The van der Waals surface area contributed by atoms with E-state index in [2.05, 4.69) is 6.58 Å². The summed E-state index contributed by atoms with van der Waals surface area (Å²) in [6.07, 6.45) is 2.58. The summed E-state index contributed by atoms with van der Waals surface area (Å²) in [5, 5.41) is 10.9. The number of ether oxygens (including phenoxy) is 1. The number of fused-ring (bicyclic) bond motifs is 1. The van der Waals surface area contributed by atoms with Gasteiger partial charge >= 0.3 is 0 Å². The summed E-state index contributed by atoms with van der Waals surface area (Å²) in [4.78, 5) is 48.1. The van der Waals surface area contributed by atoms with Gasteiger partial charge in [-0.05, 0) is 18.2 Å². The maximum atomic E-state index is 12.6. The third-order valence-corrected chi connectivity index (χ3v) is 4.03. The highest BCUT2D eigenvalue weighted by molar-refractivity contribution is 6.02. The fraction of sp³-hybridized carbons (Fsp3) is 0.167. The van der Waals surface area contributed by atoms with Gasteiger partial charge in [0.25, 0.3) is 17.2 Å². The summed E-state index contributed by atoms with van der Waals surface area (Å²) in [5.41, 5.74) is -0.134. The Bertz CT molecular complexity index is 1010. The quantitative estimate of drug-likeness (QED) is 0.330. The SMILES string of the molecule is C=CCN1C(=O)COc2ccc(C(=O)Cn3cc([N+](=O)[O-])ccc3=O)cc21. The van der Waals surface area contributed by atoms with E-state index in [0.717, 1.165) is 22.9 Å². The van der Waals surface area contributed by atoms with Crippen LogP contribution in [-0.2, 0) is 11.3 Å². The lowest BCUT2D eigenvalue weighted by atomic mass is 10.1. The van der Waals surface area contributed by atoms with Gasteiger partial charge in [0.2, 0.25) is 0 Å². The number of aromatic nitrogens is 1. The van der Waals surface area contributed by atoms with Crippen LogP contribution in [0.1, 0.15) is 10.4 Å². The number of anilines is 1. The van der Waals surface area contributed by atoms with Crippen molar-refractivity contribution in [1.29, 1.82) is 0 Å². The number of carbonyl (C=O) groups is 2. The molecule has 1 aromatic heterocycles. The van der Waals surface area contributed by atoms with E-state index >= 15 is 0 Å². The second-order valence-electron chi connectivity index (χ2n) is 5.80.